The number of fused-ring (bicyclic) bond motifs is 1. The Hall–Kier alpha value is -6.04. The smallest absolute Gasteiger partial charge is 0.325 e. The molecule has 0 aliphatic carbocycles. The average molecular weight is 878 g/mol. The van der Waals surface area contributed by atoms with Crippen molar-refractivity contribution >= 4 is 47.3 Å². The van der Waals surface area contributed by atoms with Gasteiger partial charge in [-0.3, -0.25) is 38.4 Å². The molecule has 2 heterocycles. The number of amides is 7. The van der Waals surface area contributed by atoms with Crippen molar-refractivity contribution < 1.29 is 53.3 Å². The van der Waals surface area contributed by atoms with E-state index in [2.05, 4.69) is 31.9 Å². The van der Waals surface area contributed by atoms with E-state index in [4.69, 9.17) is 4.74 Å². The van der Waals surface area contributed by atoms with Crippen LogP contribution in [0.5, 0.6) is 5.75 Å². The fourth-order valence-corrected chi connectivity index (χ4v) is 7.42. The van der Waals surface area contributed by atoms with Gasteiger partial charge in [-0.15, -0.1) is 0 Å². The van der Waals surface area contributed by atoms with Gasteiger partial charge in [-0.25, -0.2) is 0 Å². The number of aliphatic hydroxyl groups is 1. The third kappa shape index (κ3) is 15.7. The lowest BCUT2D eigenvalue weighted by Gasteiger charge is -2.31. The van der Waals surface area contributed by atoms with E-state index in [9.17, 15) is 48.6 Å². The van der Waals surface area contributed by atoms with Crippen LogP contribution >= 0.6 is 0 Å². The van der Waals surface area contributed by atoms with Gasteiger partial charge in [-0.1, -0.05) is 76.6 Å². The largest absolute Gasteiger partial charge is 0.508 e. The molecule has 7 atom stereocenters. The third-order valence-corrected chi connectivity index (χ3v) is 10.8. The van der Waals surface area contributed by atoms with Gasteiger partial charge in [-0.2, -0.15) is 0 Å². The van der Waals surface area contributed by atoms with Crippen LogP contribution in [0.2, 0.25) is 0 Å². The Labute approximate surface area is 368 Å². The number of carbonyl (C=O) groups excluding carboxylic acids is 8. The maximum absolute atomic E-state index is 14.3. The zero-order valence-corrected chi connectivity index (χ0v) is 36.7. The first-order valence-corrected chi connectivity index (χ1v) is 21.7. The monoisotopic (exact) mass is 877 g/mol. The number of nitrogens with one attached hydrogen (secondary N) is 6. The Bertz CT molecular complexity index is 1910. The number of benzene rings is 2. The molecule has 0 spiro atoms. The second-order valence-electron chi connectivity index (χ2n) is 17.1. The lowest BCUT2D eigenvalue weighted by molar-refractivity contribution is -0.147. The second-order valence-corrected chi connectivity index (χ2v) is 17.1. The summed E-state index contributed by atoms with van der Waals surface area (Å²) in [6.07, 6.45) is 0.787. The zero-order chi connectivity index (χ0) is 46.2. The van der Waals surface area contributed by atoms with Crippen LogP contribution in [0.1, 0.15) is 84.3 Å². The molecule has 344 valence electrons. The number of nitrogens with zero attached hydrogens (tertiary/aromatic N) is 1. The van der Waals surface area contributed by atoms with Gasteiger partial charge in [0.05, 0.1) is 6.10 Å². The quantitative estimate of drug-likeness (QED) is 0.121. The summed E-state index contributed by atoms with van der Waals surface area (Å²) < 4.78 is 5.39. The maximum Gasteiger partial charge on any atom is 0.325 e. The minimum atomic E-state index is -1.66. The molecule has 18 heteroatoms. The van der Waals surface area contributed by atoms with E-state index < -0.39 is 103 Å². The lowest BCUT2D eigenvalue weighted by atomic mass is 10.00. The zero-order valence-electron chi connectivity index (χ0n) is 36.7. The van der Waals surface area contributed by atoms with E-state index >= 15 is 0 Å². The summed E-state index contributed by atoms with van der Waals surface area (Å²) in [5.41, 5.74) is 1.21. The fourth-order valence-electron chi connectivity index (χ4n) is 7.42. The first kappa shape index (κ1) is 49.6. The number of cyclic esters (lactones) is 1. The highest BCUT2D eigenvalue weighted by Gasteiger charge is 2.41. The highest BCUT2D eigenvalue weighted by molar-refractivity contribution is 5.98. The van der Waals surface area contributed by atoms with Crippen molar-refractivity contribution in [1.82, 2.24) is 36.8 Å². The second kappa shape index (κ2) is 24.0. The summed E-state index contributed by atoms with van der Waals surface area (Å²) in [5.74, 6) is -5.95. The van der Waals surface area contributed by atoms with Crippen LogP contribution in [0.25, 0.3) is 0 Å². The number of esters is 1. The van der Waals surface area contributed by atoms with Crippen molar-refractivity contribution in [3.05, 3.63) is 65.7 Å². The number of phenols is 1. The number of phenolic OH excluding ortho intramolecular Hbond substituents is 1. The standard InChI is InChI=1S/C45H63N7O11/c1-26(2)11-9-15-37(55)47-32(23-30-16-18-31(54)19-17-30)40(57)50-35-25-63-38(56)24-46-44(61)39(28(5)53)51-43(60)36-14-10-20-52(36)45(62)34(21-27(3)4)49-41(58)33(48-42(35)59)22-29-12-7-6-8-13-29/h6-8,12-13,16-19,26-28,32-36,39,53-54H,9-11,14-15,20-25H2,1-5H3,(H,46,61)(H,47,55)(H,48,59)(H,49,58)(H,50,57)(H,51,60)/t28?,32-,33-,34+,35+,36-,39-/m0/s1. The van der Waals surface area contributed by atoms with Crippen molar-refractivity contribution in [3.8, 4) is 5.75 Å². The molecule has 0 radical (unpaired) electrons. The molecular formula is C45H63N7O11. The van der Waals surface area contributed by atoms with E-state index in [-0.39, 0.29) is 50.3 Å². The lowest BCUT2D eigenvalue weighted by Crippen LogP contribution is -2.61. The Kier molecular flexibility index (Phi) is 18.9. The predicted octanol–water partition coefficient (Wildman–Crippen LogP) is 0.519. The topological polar surface area (TPSA) is 262 Å². The number of aliphatic hydroxyl groups excluding tert-OH is 1. The van der Waals surface area contributed by atoms with Crippen LogP contribution in [0.15, 0.2) is 54.6 Å². The van der Waals surface area contributed by atoms with Crippen LogP contribution in [0.3, 0.4) is 0 Å². The van der Waals surface area contributed by atoms with Gasteiger partial charge >= 0.3 is 5.97 Å². The molecule has 7 amide bonds. The number of aromatic hydroxyl groups is 1. The van der Waals surface area contributed by atoms with Crippen LogP contribution < -0.4 is 31.9 Å². The summed E-state index contributed by atoms with van der Waals surface area (Å²) in [5, 5.41) is 36.0. The molecule has 2 aliphatic heterocycles. The SMILES string of the molecule is CC(C)CCCC(=O)N[C@@H](Cc1ccc(O)cc1)C(=O)N[C@@H]1COC(=O)CNC(=O)[C@H](C(C)O)NC(=O)[C@@H]2CCCN2C(=O)[C@@H](CC(C)C)NC(=O)[C@H](Cc2ccccc2)NC1=O. The summed E-state index contributed by atoms with van der Waals surface area (Å²) in [4.78, 5) is 111. The first-order chi connectivity index (χ1) is 29.9. The van der Waals surface area contributed by atoms with Gasteiger partial charge in [0.2, 0.25) is 41.4 Å². The Balaban J connectivity index is 1.71. The number of carbonyl (C=O) groups is 8. The Morgan fingerprint density at radius 1 is 0.825 bits per heavy atom. The van der Waals surface area contributed by atoms with Gasteiger partial charge in [0.25, 0.3) is 0 Å². The molecule has 2 fully saturated rings. The fraction of sp³-hybridized carbons (Fsp3) is 0.556. The van der Waals surface area contributed by atoms with Crippen LogP contribution in [0.4, 0.5) is 0 Å². The van der Waals surface area contributed by atoms with E-state index in [1.54, 1.807) is 42.5 Å². The van der Waals surface area contributed by atoms with Crippen molar-refractivity contribution in [2.24, 2.45) is 11.8 Å². The highest BCUT2D eigenvalue weighted by atomic mass is 16.5. The number of ether oxygens (including phenoxy) is 1. The van der Waals surface area contributed by atoms with E-state index in [1.165, 1.54) is 24.0 Å². The molecule has 1 unspecified atom stereocenters. The van der Waals surface area contributed by atoms with E-state index in [0.29, 0.717) is 29.9 Å². The third-order valence-electron chi connectivity index (χ3n) is 10.8. The van der Waals surface area contributed by atoms with Crippen LogP contribution in [-0.4, -0.2) is 124 Å². The van der Waals surface area contributed by atoms with Gasteiger partial charge in [-0.05, 0) is 67.7 Å². The molecule has 0 bridgehead atoms. The molecule has 2 aliphatic rings. The summed E-state index contributed by atoms with van der Waals surface area (Å²) in [6.45, 7) is 7.65. The van der Waals surface area contributed by atoms with Gasteiger partial charge in [0.1, 0.15) is 55.2 Å². The maximum atomic E-state index is 14.3. The predicted molar refractivity (Wildman–Crippen MR) is 230 cm³/mol. The van der Waals surface area contributed by atoms with Crippen LogP contribution in [0, 0.1) is 11.8 Å². The molecule has 2 aromatic rings. The molecule has 63 heavy (non-hydrogen) atoms. The summed E-state index contributed by atoms with van der Waals surface area (Å²) >= 11 is 0. The normalized spacial score (nSPS) is 22.9. The number of hydrogen-bond acceptors (Lipinski definition) is 11. The molecule has 2 aromatic carbocycles. The van der Waals surface area contributed by atoms with Crippen molar-refractivity contribution in [2.45, 2.75) is 128 Å². The highest BCUT2D eigenvalue weighted by Crippen LogP contribution is 2.21. The molecule has 0 aromatic heterocycles. The molecule has 4 rings (SSSR count). The average Bonchev–Trinajstić information content (AvgIpc) is 3.73. The minimum absolute atomic E-state index is 0.0136. The Morgan fingerprint density at radius 3 is 2.16 bits per heavy atom. The van der Waals surface area contributed by atoms with Gasteiger partial charge in [0.15, 0.2) is 0 Å². The van der Waals surface area contributed by atoms with E-state index in [0.717, 1.165) is 6.42 Å². The molecule has 18 nitrogen and oxygen atoms in total. The summed E-state index contributed by atoms with van der Waals surface area (Å²) in [6, 6.07) is 6.81. The van der Waals surface area contributed by atoms with Crippen molar-refractivity contribution in [2.75, 3.05) is 19.7 Å². The van der Waals surface area contributed by atoms with Crippen LogP contribution in [-0.2, 0) is 55.9 Å². The number of hydrogen-bond donors (Lipinski definition) is 8. The molecular weight excluding hydrogens is 815 g/mol. The number of rotatable bonds is 14. The van der Waals surface area contributed by atoms with Gasteiger partial charge < -0.3 is 51.8 Å². The van der Waals surface area contributed by atoms with E-state index in [1.807, 2.05) is 27.7 Å². The van der Waals surface area contributed by atoms with Crippen molar-refractivity contribution in [3.63, 3.8) is 0 Å². The molecule has 2 saturated heterocycles. The Morgan fingerprint density at radius 2 is 1.51 bits per heavy atom. The molecule has 0 saturated carbocycles. The summed E-state index contributed by atoms with van der Waals surface area (Å²) in [7, 11) is 0. The first-order valence-electron chi connectivity index (χ1n) is 21.7. The minimum Gasteiger partial charge on any atom is -0.508 e. The molecule has 8 N–H and O–H groups in total. The van der Waals surface area contributed by atoms with Gasteiger partial charge in [0, 0.05) is 25.8 Å². The van der Waals surface area contributed by atoms with Crippen molar-refractivity contribution in [1.29, 1.82) is 0 Å².